The molecule has 0 spiro atoms. The SMILES string of the molecule is C/C=C/CN1CCCn2nc(CCC(=O)N3CCN(C)CC3)cc2C1. The minimum absolute atomic E-state index is 0.269. The Hall–Kier alpha value is -1.66. The molecule has 2 aliphatic heterocycles. The highest BCUT2D eigenvalue weighted by molar-refractivity contribution is 5.76. The fraction of sp³-hybridized carbons (Fsp3) is 0.684. The Morgan fingerprint density at radius 1 is 1.20 bits per heavy atom. The molecule has 1 fully saturated rings. The molecule has 2 aliphatic rings. The van der Waals surface area contributed by atoms with E-state index < -0.39 is 0 Å². The summed E-state index contributed by atoms with van der Waals surface area (Å²) in [6, 6.07) is 2.20. The molecule has 0 aromatic carbocycles. The number of amides is 1. The van der Waals surface area contributed by atoms with Crippen LogP contribution in [-0.2, 0) is 24.3 Å². The van der Waals surface area contributed by atoms with E-state index in [1.54, 1.807) is 0 Å². The van der Waals surface area contributed by atoms with Gasteiger partial charge in [-0.3, -0.25) is 14.4 Å². The van der Waals surface area contributed by atoms with Gasteiger partial charge in [0.25, 0.3) is 0 Å². The number of hydrogen-bond donors (Lipinski definition) is 0. The Bertz CT molecular complexity index is 601. The van der Waals surface area contributed by atoms with Gasteiger partial charge in [-0.05, 0) is 26.5 Å². The molecule has 0 bridgehead atoms. The highest BCUT2D eigenvalue weighted by Crippen LogP contribution is 2.15. The lowest BCUT2D eigenvalue weighted by molar-refractivity contribution is -0.132. The second kappa shape index (κ2) is 8.63. The number of rotatable bonds is 5. The molecular weight excluding hydrogens is 314 g/mol. The van der Waals surface area contributed by atoms with E-state index in [0.29, 0.717) is 6.42 Å². The maximum Gasteiger partial charge on any atom is 0.223 e. The van der Waals surface area contributed by atoms with E-state index in [9.17, 15) is 4.79 Å². The Morgan fingerprint density at radius 3 is 2.76 bits per heavy atom. The van der Waals surface area contributed by atoms with E-state index >= 15 is 0 Å². The van der Waals surface area contributed by atoms with Crippen molar-refractivity contribution >= 4 is 5.91 Å². The first-order chi connectivity index (χ1) is 12.2. The first-order valence-corrected chi connectivity index (χ1v) is 9.51. The van der Waals surface area contributed by atoms with Crippen LogP contribution in [0.15, 0.2) is 18.2 Å². The van der Waals surface area contributed by atoms with Gasteiger partial charge in [-0.25, -0.2) is 0 Å². The van der Waals surface area contributed by atoms with Gasteiger partial charge in [0.2, 0.25) is 5.91 Å². The normalized spacial score (nSPS) is 20.0. The Balaban J connectivity index is 1.53. The van der Waals surface area contributed by atoms with Crippen LogP contribution in [-0.4, -0.2) is 76.7 Å². The van der Waals surface area contributed by atoms with E-state index in [-0.39, 0.29) is 5.91 Å². The number of nitrogens with zero attached hydrogens (tertiary/aromatic N) is 5. The van der Waals surface area contributed by atoms with E-state index in [0.717, 1.165) is 70.9 Å². The van der Waals surface area contributed by atoms with Crippen LogP contribution in [0, 0.1) is 0 Å². The highest BCUT2D eigenvalue weighted by Gasteiger charge is 2.20. The molecule has 1 saturated heterocycles. The summed E-state index contributed by atoms with van der Waals surface area (Å²) in [5, 5.41) is 4.75. The zero-order chi connectivity index (χ0) is 17.6. The second-order valence-corrected chi connectivity index (χ2v) is 7.19. The third-order valence-corrected chi connectivity index (χ3v) is 5.19. The predicted molar refractivity (Wildman–Crippen MR) is 99.3 cm³/mol. The first kappa shape index (κ1) is 18.1. The van der Waals surface area contributed by atoms with E-state index in [4.69, 9.17) is 5.10 Å². The molecule has 25 heavy (non-hydrogen) atoms. The van der Waals surface area contributed by atoms with Gasteiger partial charge in [-0.1, -0.05) is 12.2 Å². The fourth-order valence-electron chi connectivity index (χ4n) is 3.57. The molecular formula is C19H31N5O. The topological polar surface area (TPSA) is 44.6 Å². The van der Waals surface area contributed by atoms with Gasteiger partial charge in [0.15, 0.2) is 0 Å². The van der Waals surface area contributed by atoms with Gasteiger partial charge in [-0.2, -0.15) is 5.10 Å². The molecule has 6 nitrogen and oxygen atoms in total. The van der Waals surface area contributed by atoms with Crippen molar-refractivity contribution in [3.63, 3.8) is 0 Å². The van der Waals surface area contributed by atoms with E-state index in [2.05, 4.69) is 46.7 Å². The fourth-order valence-corrected chi connectivity index (χ4v) is 3.57. The molecule has 1 amide bonds. The van der Waals surface area contributed by atoms with Gasteiger partial charge < -0.3 is 9.80 Å². The number of aryl methyl sites for hydroxylation is 2. The van der Waals surface area contributed by atoms with Crippen LogP contribution < -0.4 is 0 Å². The van der Waals surface area contributed by atoms with Gasteiger partial charge in [0.05, 0.1) is 11.4 Å². The van der Waals surface area contributed by atoms with Gasteiger partial charge in [0, 0.05) is 65.2 Å². The minimum atomic E-state index is 0.269. The summed E-state index contributed by atoms with van der Waals surface area (Å²) in [4.78, 5) is 19.1. The quantitative estimate of drug-likeness (QED) is 0.756. The Kier molecular flexibility index (Phi) is 6.26. The number of carbonyl (C=O) groups is 1. The monoisotopic (exact) mass is 345 g/mol. The van der Waals surface area contributed by atoms with Gasteiger partial charge in [-0.15, -0.1) is 0 Å². The highest BCUT2D eigenvalue weighted by atomic mass is 16.2. The van der Waals surface area contributed by atoms with Crippen molar-refractivity contribution in [2.75, 3.05) is 46.3 Å². The van der Waals surface area contributed by atoms with E-state index in [1.165, 1.54) is 5.69 Å². The Labute approximate surface area is 151 Å². The van der Waals surface area contributed by atoms with Crippen molar-refractivity contribution < 1.29 is 4.79 Å². The smallest absolute Gasteiger partial charge is 0.223 e. The zero-order valence-electron chi connectivity index (χ0n) is 15.7. The maximum absolute atomic E-state index is 12.4. The summed E-state index contributed by atoms with van der Waals surface area (Å²) in [5.74, 6) is 0.269. The number of fused-ring (bicyclic) bond motifs is 1. The largest absolute Gasteiger partial charge is 0.340 e. The molecule has 1 aromatic rings. The molecule has 0 saturated carbocycles. The average Bonchev–Trinajstić information content (AvgIpc) is 2.89. The first-order valence-electron chi connectivity index (χ1n) is 9.51. The van der Waals surface area contributed by atoms with Crippen LogP contribution in [0.1, 0.15) is 31.2 Å². The standard InChI is InChI=1S/C19H31N5O/c1-3-4-8-22-9-5-10-24-18(16-22)15-17(20-24)6-7-19(25)23-13-11-21(2)12-14-23/h3-4,15H,5-14,16H2,1-2H3/b4-3+. The Morgan fingerprint density at radius 2 is 2.00 bits per heavy atom. The van der Waals surface area contributed by atoms with Crippen LogP contribution in [0.3, 0.4) is 0 Å². The lowest BCUT2D eigenvalue weighted by atomic mass is 10.2. The number of hydrogen-bond acceptors (Lipinski definition) is 4. The summed E-state index contributed by atoms with van der Waals surface area (Å²) >= 11 is 0. The molecule has 0 atom stereocenters. The lowest BCUT2D eigenvalue weighted by Crippen LogP contribution is -2.47. The van der Waals surface area contributed by atoms with Crippen molar-refractivity contribution in [1.29, 1.82) is 0 Å². The summed E-state index contributed by atoms with van der Waals surface area (Å²) in [6.07, 6.45) is 6.77. The minimum Gasteiger partial charge on any atom is -0.340 e. The number of aromatic nitrogens is 2. The van der Waals surface area contributed by atoms with Crippen molar-refractivity contribution in [2.45, 2.75) is 39.3 Å². The zero-order valence-corrected chi connectivity index (χ0v) is 15.7. The maximum atomic E-state index is 12.4. The number of piperazine rings is 1. The van der Waals surface area contributed by atoms with Crippen LogP contribution in [0.2, 0.25) is 0 Å². The third-order valence-electron chi connectivity index (χ3n) is 5.19. The molecule has 0 unspecified atom stereocenters. The molecule has 6 heteroatoms. The molecule has 0 aliphatic carbocycles. The predicted octanol–water partition coefficient (Wildman–Crippen LogP) is 1.37. The van der Waals surface area contributed by atoms with Crippen molar-refractivity contribution in [3.8, 4) is 0 Å². The second-order valence-electron chi connectivity index (χ2n) is 7.19. The number of allylic oxidation sites excluding steroid dienone is 1. The molecule has 1 aromatic heterocycles. The lowest BCUT2D eigenvalue weighted by Gasteiger charge is -2.32. The van der Waals surface area contributed by atoms with Crippen LogP contribution in [0.4, 0.5) is 0 Å². The molecule has 138 valence electrons. The summed E-state index contributed by atoms with van der Waals surface area (Å²) in [6.45, 7) is 9.78. The van der Waals surface area contributed by atoms with E-state index in [1.807, 2.05) is 4.90 Å². The van der Waals surface area contributed by atoms with Crippen LogP contribution in [0.5, 0.6) is 0 Å². The van der Waals surface area contributed by atoms with Crippen molar-refractivity contribution in [1.82, 2.24) is 24.5 Å². The third kappa shape index (κ3) is 4.92. The average molecular weight is 345 g/mol. The van der Waals surface area contributed by atoms with Crippen molar-refractivity contribution in [2.24, 2.45) is 0 Å². The number of likely N-dealkylation sites (N-methyl/N-ethyl adjacent to an activating group) is 1. The molecule has 3 heterocycles. The van der Waals surface area contributed by atoms with Crippen LogP contribution >= 0.6 is 0 Å². The molecule has 0 radical (unpaired) electrons. The molecule has 3 rings (SSSR count). The van der Waals surface area contributed by atoms with Crippen LogP contribution in [0.25, 0.3) is 0 Å². The van der Waals surface area contributed by atoms with Gasteiger partial charge in [0.1, 0.15) is 0 Å². The summed E-state index contributed by atoms with van der Waals surface area (Å²) in [5.41, 5.74) is 2.34. The van der Waals surface area contributed by atoms with Gasteiger partial charge >= 0.3 is 0 Å². The number of carbonyl (C=O) groups excluding carboxylic acids is 1. The molecule has 0 N–H and O–H groups in total. The summed E-state index contributed by atoms with van der Waals surface area (Å²) < 4.78 is 2.14. The van der Waals surface area contributed by atoms with Crippen molar-refractivity contribution in [3.05, 3.63) is 29.6 Å². The summed E-state index contributed by atoms with van der Waals surface area (Å²) in [7, 11) is 2.11.